The molecule has 15 heavy (non-hydrogen) atoms. The van der Waals surface area contributed by atoms with E-state index >= 15 is 0 Å². The van der Waals surface area contributed by atoms with Gasteiger partial charge in [-0.2, -0.15) is 0 Å². The van der Waals surface area contributed by atoms with Gasteiger partial charge in [-0.25, -0.2) is 4.39 Å². The van der Waals surface area contributed by atoms with Gasteiger partial charge in [-0.15, -0.1) is 0 Å². The molecule has 0 bridgehead atoms. The number of ether oxygens (including phenoxy) is 1. The first-order valence-electron chi connectivity index (χ1n) is 5.17. The minimum Gasteiger partial charge on any atom is -0.396 e. The van der Waals surface area contributed by atoms with E-state index < -0.39 is 0 Å². The summed E-state index contributed by atoms with van der Waals surface area (Å²) in [6.45, 7) is 1.36. The minimum atomic E-state index is -0.223. The molecule has 1 atom stereocenters. The second-order valence-corrected chi connectivity index (χ2v) is 4.27. The van der Waals surface area contributed by atoms with Crippen molar-refractivity contribution in [1.29, 1.82) is 0 Å². The van der Waals surface area contributed by atoms with Gasteiger partial charge in [0, 0.05) is 12.0 Å². The van der Waals surface area contributed by atoms with Crippen LogP contribution in [0.5, 0.6) is 0 Å². The quantitative estimate of drug-likeness (QED) is 0.823. The van der Waals surface area contributed by atoms with Crippen LogP contribution in [0.15, 0.2) is 24.3 Å². The summed E-state index contributed by atoms with van der Waals surface area (Å²) >= 11 is 0. The molecule has 1 aliphatic heterocycles. The van der Waals surface area contributed by atoms with Crippen LogP contribution < -0.4 is 0 Å². The zero-order valence-electron chi connectivity index (χ0n) is 8.58. The van der Waals surface area contributed by atoms with E-state index in [2.05, 4.69) is 0 Å². The highest BCUT2D eigenvalue weighted by molar-refractivity contribution is 5.18. The highest BCUT2D eigenvalue weighted by Gasteiger charge is 2.34. The summed E-state index contributed by atoms with van der Waals surface area (Å²) in [6.07, 6.45) is 1.53. The Morgan fingerprint density at radius 3 is 2.93 bits per heavy atom. The standard InChI is InChI=1S/C12H15FO2/c13-11-3-1-2-10(6-11)7-12(8-14)4-5-15-9-12/h1-3,6,14H,4-5,7-9H2. The molecular formula is C12H15FO2. The van der Waals surface area contributed by atoms with Crippen molar-refractivity contribution in [3.63, 3.8) is 0 Å². The summed E-state index contributed by atoms with van der Waals surface area (Å²) in [4.78, 5) is 0. The van der Waals surface area contributed by atoms with E-state index in [0.717, 1.165) is 12.0 Å². The largest absolute Gasteiger partial charge is 0.396 e. The highest BCUT2D eigenvalue weighted by Crippen LogP contribution is 2.32. The van der Waals surface area contributed by atoms with E-state index in [4.69, 9.17) is 4.74 Å². The molecule has 1 N–H and O–H groups in total. The molecule has 0 aliphatic carbocycles. The van der Waals surface area contributed by atoms with E-state index in [-0.39, 0.29) is 17.8 Å². The lowest BCUT2D eigenvalue weighted by Crippen LogP contribution is -2.28. The summed E-state index contributed by atoms with van der Waals surface area (Å²) < 4.78 is 18.3. The number of hydrogen-bond donors (Lipinski definition) is 1. The Morgan fingerprint density at radius 2 is 2.33 bits per heavy atom. The van der Waals surface area contributed by atoms with Crippen LogP contribution in [0.4, 0.5) is 4.39 Å². The average molecular weight is 210 g/mol. The Labute approximate surface area is 88.7 Å². The van der Waals surface area contributed by atoms with Crippen molar-refractivity contribution in [2.45, 2.75) is 12.8 Å². The normalized spacial score (nSPS) is 25.7. The van der Waals surface area contributed by atoms with Crippen LogP contribution in [-0.2, 0) is 11.2 Å². The van der Waals surface area contributed by atoms with Gasteiger partial charge < -0.3 is 9.84 Å². The Kier molecular flexibility index (Phi) is 3.03. The van der Waals surface area contributed by atoms with Crippen molar-refractivity contribution < 1.29 is 14.2 Å². The summed E-state index contributed by atoms with van der Waals surface area (Å²) in [6, 6.07) is 6.54. The third-order valence-corrected chi connectivity index (χ3v) is 2.99. The molecule has 0 amide bonds. The fraction of sp³-hybridized carbons (Fsp3) is 0.500. The highest BCUT2D eigenvalue weighted by atomic mass is 19.1. The zero-order valence-corrected chi connectivity index (χ0v) is 8.58. The second-order valence-electron chi connectivity index (χ2n) is 4.27. The topological polar surface area (TPSA) is 29.5 Å². The summed E-state index contributed by atoms with van der Waals surface area (Å²) in [5.74, 6) is -0.223. The van der Waals surface area contributed by atoms with E-state index in [9.17, 15) is 9.50 Å². The summed E-state index contributed by atoms with van der Waals surface area (Å²) in [5, 5.41) is 9.37. The molecule has 1 fully saturated rings. The van der Waals surface area contributed by atoms with Gasteiger partial charge >= 0.3 is 0 Å². The molecule has 1 saturated heterocycles. The van der Waals surface area contributed by atoms with Crippen molar-refractivity contribution in [2.24, 2.45) is 5.41 Å². The minimum absolute atomic E-state index is 0.101. The van der Waals surface area contributed by atoms with Crippen molar-refractivity contribution in [3.8, 4) is 0 Å². The fourth-order valence-electron chi connectivity index (χ4n) is 2.05. The van der Waals surface area contributed by atoms with Gasteiger partial charge in [0.2, 0.25) is 0 Å². The molecule has 0 radical (unpaired) electrons. The molecule has 1 aromatic carbocycles. The van der Waals surface area contributed by atoms with Crippen LogP contribution in [0.1, 0.15) is 12.0 Å². The molecule has 2 nitrogen and oxygen atoms in total. The van der Waals surface area contributed by atoms with Gasteiger partial charge in [-0.1, -0.05) is 12.1 Å². The Balaban J connectivity index is 2.12. The van der Waals surface area contributed by atoms with Crippen LogP contribution in [0, 0.1) is 11.2 Å². The Morgan fingerprint density at radius 1 is 1.47 bits per heavy atom. The van der Waals surface area contributed by atoms with E-state index in [1.165, 1.54) is 12.1 Å². The maximum absolute atomic E-state index is 13.0. The number of rotatable bonds is 3. The van der Waals surface area contributed by atoms with Crippen molar-refractivity contribution in [1.82, 2.24) is 0 Å². The van der Waals surface area contributed by atoms with Crippen molar-refractivity contribution >= 4 is 0 Å². The lowest BCUT2D eigenvalue weighted by Gasteiger charge is -2.24. The number of halogens is 1. The number of hydrogen-bond acceptors (Lipinski definition) is 2. The van der Waals surface area contributed by atoms with Gasteiger partial charge in [-0.3, -0.25) is 0 Å². The molecule has 0 saturated carbocycles. The van der Waals surface area contributed by atoms with E-state index in [1.807, 2.05) is 6.07 Å². The molecule has 82 valence electrons. The molecule has 0 aromatic heterocycles. The summed E-state index contributed by atoms with van der Waals surface area (Å²) in [5.41, 5.74) is 0.725. The molecule has 1 unspecified atom stereocenters. The average Bonchev–Trinajstić information content (AvgIpc) is 2.67. The second kappa shape index (κ2) is 4.29. The maximum atomic E-state index is 13.0. The number of aliphatic hydroxyl groups is 1. The first-order valence-corrected chi connectivity index (χ1v) is 5.17. The smallest absolute Gasteiger partial charge is 0.123 e. The van der Waals surface area contributed by atoms with Crippen LogP contribution in [0.3, 0.4) is 0 Å². The lowest BCUT2D eigenvalue weighted by molar-refractivity contribution is 0.0935. The Hall–Kier alpha value is -0.930. The molecule has 1 aliphatic rings. The predicted molar refractivity (Wildman–Crippen MR) is 55.1 cm³/mol. The Bertz CT molecular complexity index is 332. The van der Waals surface area contributed by atoms with Crippen LogP contribution in [0.25, 0.3) is 0 Å². The SMILES string of the molecule is OCC1(Cc2cccc(F)c2)CCOC1. The van der Waals surface area contributed by atoms with E-state index in [0.29, 0.717) is 19.6 Å². The van der Waals surface area contributed by atoms with Gasteiger partial charge in [0.05, 0.1) is 13.2 Å². The van der Waals surface area contributed by atoms with Gasteiger partial charge in [0.1, 0.15) is 5.82 Å². The molecule has 1 aromatic rings. The molecular weight excluding hydrogens is 195 g/mol. The molecule has 0 spiro atoms. The van der Waals surface area contributed by atoms with Crippen molar-refractivity contribution in [3.05, 3.63) is 35.6 Å². The van der Waals surface area contributed by atoms with Crippen LogP contribution in [0.2, 0.25) is 0 Å². The molecule has 3 heteroatoms. The number of benzene rings is 1. The monoisotopic (exact) mass is 210 g/mol. The predicted octanol–water partition coefficient (Wildman–Crippen LogP) is 1.77. The van der Waals surface area contributed by atoms with Gasteiger partial charge in [0.15, 0.2) is 0 Å². The van der Waals surface area contributed by atoms with Gasteiger partial charge in [-0.05, 0) is 30.5 Å². The fourth-order valence-corrected chi connectivity index (χ4v) is 2.05. The maximum Gasteiger partial charge on any atom is 0.123 e. The third-order valence-electron chi connectivity index (χ3n) is 2.99. The summed E-state index contributed by atoms with van der Waals surface area (Å²) in [7, 11) is 0. The van der Waals surface area contributed by atoms with E-state index in [1.54, 1.807) is 6.07 Å². The third kappa shape index (κ3) is 2.36. The van der Waals surface area contributed by atoms with Gasteiger partial charge in [0.25, 0.3) is 0 Å². The first kappa shape index (κ1) is 10.6. The first-order chi connectivity index (χ1) is 7.24. The van der Waals surface area contributed by atoms with Crippen molar-refractivity contribution in [2.75, 3.05) is 19.8 Å². The molecule has 1 heterocycles. The molecule has 2 rings (SSSR count). The van der Waals surface area contributed by atoms with Crippen LogP contribution >= 0.6 is 0 Å². The van der Waals surface area contributed by atoms with Crippen LogP contribution in [-0.4, -0.2) is 24.9 Å². The lowest BCUT2D eigenvalue weighted by atomic mass is 9.82. The zero-order chi connectivity index (χ0) is 10.7. The number of aliphatic hydroxyl groups excluding tert-OH is 1.